The van der Waals surface area contributed by atoms with Crippen LogP contribution < -0.4 is 20.5 Å². The molecule has 1 atom stereocenters. The van der Waals surface area contributed by atoms with Crippen LogP contribution in [0.25, 0.3) is 10.8 Å². The number of rotatable bonds is 11. The minimum atomic E-state index is -0.286. The van der Waals surface area contributed by atoms with E-state index in [4.69, 9.17) is 19.9 Å². The lowest BCUT2D eigenvalue weighted by atomic mass is 9.94. The molecular formula is C43H51N3O5. The second kappa shape index (κ2) is 18.7. The Balaban J connectivity index is 1.24. The van der Waals surface area contributed by atoms with Crippen molar-refractivity contribution >= 4 is 28.2 Å². The van der Waals surface area contributed by atoms with Crippen LogP contribution in [-0.2, 0) is 41.8 Å². The molecule has 0 amide bonds. The number of Topliss-reactive ketones (excluding diaryl/α,β-unsaturated/α-hetero) is 1. The molecule has 0 radical (unpaired) electrons. The number of aliphatic imine (C=N–C) groups is 1. The molecule has 4 aromatic carbocycles. The first-order valence-corrected chi connectivity index (χ1v) is 18.2. The number of unbranched alkanes of at least 4 members (excludes halogenated alkanes) is 4. The Hall–Kier alpha value is -5.16. The fourth-order valence-electron chi connectivity index (χ4n) is 6.64. The summed E-state index contributed by atoms with van der Waals surface area (Å²) in [5.74, 6) is 5.22. The van der Waals surface area contributed by atoms with Gasteiger partial charge in [-0.25, -0.2) is 0 Å². The van der Waals surface area contributed by atoms with Crippen molar-refractivity contribution in [3.63, 3.8) is 0 Å². The van der Waals surface area contributed by atoms with Gasteiger partial charge in [0.15, 0.2) is 17.5 Å². The molecule has 0 aromatic heterocycles. The summed E-state index contributed by atoms with van der Waals surface area (Å²) in [5, 5.41) is 16.1. The molecule has 2 heterocycles. The number of fused-ring (bicyclic) bond motifs is 9. The van der Waals surface area contributed by atoms with Gasteiger partial charge in [-0.1, -0.05) is 62.4 Å². The number of carbonyl (C=O) groups is 1. The van der Waals surface area contributed by atoms with Crippen molar-refractivity contribution in [2.45, 2.75) is 96.7 Å². The first kappa shape index (κ1) is 37.1. The molecular weight excluding hydrogens is 638 g/mol. The number of ketones is 1. The zero-order valence-electron chi connectivity index (χ0n) is 30.2. The largest absolute Gasteiger partial charge is 0.508 e. The lowest BCUT2D eigenvalue weighted by Crippen LogP contribution is -2.21. The number of hydrogen-bond acceptors (Lipinski definition) is 6. The molecule has 8 nitrogen and oxygen atoms in total. The quantitative estimate of drug-likeness (QED) is 0.0627. The Morgan fingerprint density at radius 1 is 1.00 bits per heavy atom. The van der Waals surface area contributed by atoms with Gasteiger partial charge in [-0.2, -0.15) is 0 Å². The molecule has 6 bridgehead atoms. The summed E-state index contributed by atoms with van der Waals surface area (Å²) in [6, 6.07) is 22.2. The second-order valence-electron chi connectivity index (χ2n) is 13.2. The Morgan fingerprint density at radius 2 is 1.82 bits per heavy atom. The fraction of sp³-hybridized carbons (Fsp3) is 0.395. The number of guanidine groups is 1. The van der Waals surface area contributed by atoms with Crippen molar-refractivity contribution in [2.75, 3.05) is 19.5 Å². The van der Waals surface area contributed by atoms with Crippen LogP contribution in [0.4, 0.5) is 5.69 Å². The summed E-state index contributed by atoms with van der Waals surface area (Å²) in [6.45, 7) is 2.45. The smallest absolute Gasteiger partial charge is 0.192 e. The molecule has 4 aromatic rings. The monoisotopic (exact) mass is 689 g/mol. The third kappa shape index (κ3) is 10.7. The number of anilines is 1. The normalized spacial score (nSPS) is 15.2. The van der Waals surface area contributed by atoms with Crippen LogP contribution in [0.3, 0.4) is 0 Å². The van der Waals surface area contributed by atoms with Gasteiger partial charge in [0, 0.05) is 37.6 Å². The van der Waals surface area contributed by atoms with Crippen molar-refractivity contribution in [3.05, 3.63) is 94.5 Å². The van der Waals surface area contributed by atoms with Crippen molar-refractivity contribution in [1.82, 2.24) is 0 Å². The molecule has 0 aliphatic carbocycles. The molecule has 2 aliphatic heterocycles. The topological polar surface area (TPSA) is 115 Å². The van der Waals surface area contributed by atoms with Gasteiger partial charge in [-0.05, 0) is 108 Å². The number of aromatic hydroxyl groups is 1. The highest BCUT2D eigenvalue weighted by atomic mass is 16.5. The number of carbonyl (C=O) groups excluding carboxylic acids is 1. The molecule has 0 spiro atoms. The summed E-state index contributed by atoms with van der Waals surface area (Å²) >= 11 is 0. The number of benzene rings is 4. The molecule has 0 saturated heterocycles. The van der Waals surface area contributed by atoms with E-state index in [-0.39, 0.29) is 17.6 Å². The van der Waals surface area contributed by atoms with E-state index in [0.717, 1.165) is 90.1 Å². The van der Waals surface area contributed by atoms with Crippen molar-refractivity contribution in [1.29, 1.82) is 0 Å². The van der Waals surface area contributed by atoms with E-state index in [9.17, 15) is 9.90 Å². The van der Waals surface area contributed by atoms with Gasteiger partial charge in [0.05, 0.1) is 7.11 Å². The maximum Gasteiger partial charge on any atom is 0.192 e. The van der Waals surface area contributed by atoms with Gasteiger partial charge in [-0.3, -0.25) is 9.79 Å². The fourth-order valence-corrected chi connectivity index (χ4v) is 6.64. The van der Waals surface area contributed by atoms with E-state index < -0.39 is 0 Å². The number of ether oxygens (including phenoxy) is 3. The standard InChI is InChI=1S/C43H51N3O5/c1-4-33-27-40(48)38-16-11-23-50-36(15-9-7-5-6-8-12-30-13-10-14-34(24-30)46-43(44)45-2)28-35(47)20-17-31-19-22-41(49-3)42(26-31)51-29-32-18-21-37(38)39(33)25-32/h10,13-14,18-19,21-22,24-27,36,48H,4-9,12,15-17,20,28-29H2,1-3H3,(H3,44,45,46)/t36-/m0/s1. The van der Waals surface area contributed by atoms with E-state index in [1.54, 1.807) is 14.2 Å². The van der Waals surface area contributed by atoms with E-state index in [2.05, 4.69) is 47.5 Å². The Labute approximate surface area is 302 Å². The van der Waals surface area contributed by atoms with Crippen molar-refractivity contribution in [2.24, 2.45) is 10.7 Å². The molecule has 0 fully saturated rings. The van der Waals surface area contributed by atoms with E-state index >= 15 is 0 Å². The highest BCUT2D eigenvalue weighted by Crippen LogP contribution is 2.34. The van der Waals surface area contributed by atoms with Crippen LogP contribution in [0.2, 0.25) is 0 Å². The van der Waals surface area contributed by atoms with Crippen molar-refractivity contribution < 1.29 is 24.1 Å². The summed E-state index contributed by atoms with van der Waals surface area (Å²) in [4.78, 5) is 17.2. The average molecular weight is 690 g/mol. The molecule has 0 saturated carbocycles. The average Bonchev–Trinajstić information content (AvgIpc) is 3.14. The first-order valence-electron chi connectivity index (χ1n) is 18.2. The van der Waals surface area contributed by atoms with Gasteiger partial charge in [0.2, 0.25) is 0 Å². The number of nitrogens with one attached hydrogen (secondary N) is 1. The zero-order chi connectivity index (χ0) is 36.0. The number of phenols is 1. The van der Waals surface area contributed by atoms with Gasteiger partial charge in [0.1, 0.15) is 30.4 Å². The number of methoxy groups -OCH3 is 1. The van der Waals surface area contributed by atoms with E-state index in [0.29, 0.717) is 49.7 Å². The van der Waals surface area contributed by atoms with Crippen LogP contribution in [-0.4, -0.2) is 37.1 Å². The number of nitrogens with two attached hydrogens (primary N) is 1. The first-order chi connectivity index (χ1) is 24.9. The van der Waals surface area contributed by atoms with Crippen LogP contribution in [0, 0.1) is 12.0 Å². The molecule has 6 rings (SSSR count). The maximum atomic E-state index is 13.2. The highest BCUT2D eigenvalue weighted by Gasteiger charge is 2.17. The van der Waals surface area contributed by atoms with Crippen LogP contribution in [0.1, 0.15) is 86.1 Å². The summed E-state index contributed by atoms with van der Waals surface area (Å²) < 4.78 is 17.9. The predicted molar refractivity (Wildman–Crippen MR) is 206 cm³/mol. The lowest BCUT2D eigenvalue weighted by Gasteiger charge is -2.15. The molecule has 2 aliphatic rings. The zero-order valence-corrected chi connectivity index (χ0v) is 30.2. The number of phenolic OH excluding ortho intramolecular Hbond substituents is 1. The van der Waals surface area contributed by atoms with Crippen LogP contribution in [0.15, 0.2) is 71.7 Å². The van der Waals surface area contributed by atoms with Gasteiger partial charge in [-0.15, -0.1) is 0 Å². The Morgan fingerprint density at radius 3 is 2.65 bits per heavy atom. The SMILES string of the molecule is CCc1cc(O)c2c3ccc(cc13)COc1cc(ccc1OC)CCC(=O)C[C@H](CCCCCCCc1cccc(NC(N)=NC)c1)OC#CC2. The Bertz CT molecular complexity index is 1890. The summed E-state index contributed by atoms with van der Waals surface area (Å²) in [6.07, 6.45) is 12.2. The van der Waals surface area contributed by atoms with E-state index in [1.807, 2.05) is 48.5 Å². The second-order valence-corrected chi connectivity index (χ2v) is 13.2. The molecule has 8 heteroatoms. The van der Waals surface area contributed by atoms with Crippen LogP contribution in [0.5, 0.6) is 17.2 Å². The number of hydrogen-bond donors (Lipinski definition) is 3. The van der Waals surface area contributed by atoms with Gasteiger partial charge in [0.25, 0.3) is 0 Å². The molecule has 51 heavy (non-hydrogen) atoms. The minimum Gasteiger partial charge on any atom is -0.508 e. The van der Waals surface area contributed by atoms with E-state index in [1.165, 1.54) is 5.56 Å². The number of nitrogens with zero attached hydrogens (tertiary/aromatic N) is 1. The number of aryl methyl sites for hydroxylation is 3. The Kier molecular flexibility index (Phi) is 13.6. The lowest BCUT2D eigenvalue weighted by molar-refractivity contribution is -0.121. The third-order valence-corrected chi connectivity index (χ3v) is 9.52. The summed E-state index contributed by atoms with van der Waals surface area (Å²) in [7, 11) is 3.29. The highest BCUT2D eigenvalue weighted by molar-refractivity contribution is 5.92. The predicted octanol–water partition coefficient (Wildman–Crippen LogP) is 8.43. The molecule has 4 N–H and O–H groups in total. The molecule has 0 unspecified atom stereocenters. The molecule has 268 valence electrons. The van der Waals surface area contributed by atoms with Gasteiger partial charge >= 0.3 is 0 Å². The minimum absolute atomic E-state index is 0.147. The maximum absolute atomic E-state index is 13.2. The third-order valence-electron chi connectivity index (χ3n) is 9.52. The van der Waals surface area contributed by atoms with Crippen LogP contribution >= 0.6 is 0 Å². The summed E-state index contributed by atoms with van der Waals surface area (Å²) in [5.41, 5.74) is 11.9. The van der Waals surface area contributed by atoms with Gasteiger partial charge < -0.3 is 30.4 Å². The van der Waals surface area contributed by atoms with Crippen molar-refractivity contribution in [3.8, 4) is 29.3 Å².